The van der Waals surface area contributed by atoms with Crippen molar-refractivity contribution in [3.63, 3.8) is 0 Å². The van der Waals surface area contributed by atoms with Crippen LogP contribution in [-0.4, -0.2) is 28.1 Å². The van der Waals surface area contributed by atoms with Crippen molar-refractivity contribution in [1.29, 1.82) is 5.26 Å². The molecule has 2 N–H and O–H groups in total. The first-order valence-corrected chi connectivity index (χ1v) is 8.22. The molecule has 0 saturated heterocycles. The van der Waals surface area contributed by atoms with Gasteiger partial charge in [-0.15, -0.1) is 0 Å². The molecule has 1 heterocycles. The van der Waals surface area contributed by atoms with Gasteiger partial charge in [-0.1, -0.05) is 11.6 Å². The number of alkyl halides is 3. The molecule has 9 heteroatoms. The second-order valence-corrected chi connectivity index (χ2v) is 6.72. The summed E-state index contributed by atoms with van der Waals surface area (Å²) in [4.78, 5) is -0.515. The number of rotatable bonds is 4. The van der Waals surface area contributed by atoms with E-state index in [1.807, 2.05) is 6.08 Å². The molecule has 0 aromatic heterocycles. The van der Waals surface area contributed by atoms with Gasteiger partial charge in [-0.25, -0.2) is 13.1 Å². The van der Waals surface area contributed by atoms with Gasteiger partial charge >= 0.3 is 6.18 Å². The molecule has 0 bridgehead atoms. The molecule has 0 radical (unpaired) electrons. The Hall–Kier alpha value is -1.89. The number of hydrogen-bond donors (Lipinski definition) is 2. The molecule has 1 aliphatic rings. The Balaban J connectivity index is 2.26. The molecule has 1 aliphatic heterocycles. The van der Waals surface area contributed by atoms with Crippen LogP contribution < -0.4 is 10.0 Å². The Morgan fingerprint density at radius 3 is 2.65 bits per heavy atom. The van der Waals surface area contributed by atoms with Crippen LogP contribution in [0.2, 0.25) is 0 Å². The first-order valence-electron chi connectivity index (χ1n) is 6.73. The molecule has 2 rings (SSSR count). The van der Waals surface area contributed by atoms with Crippen molar-refractivity contribution in [2.75, 3.05) is 19.6 Å². The van der Waals surface area contributed by atoms with E-state index >= 15 is 0 Å². The van der Waals surface area contributed by atoms with Gasteiger partial charge in [-0.3, -0.25) is 0 Å². The largest absolute Gasteiger partial charge is 0.417 e. The van der Waals surface area contributed by atoms with E-state index in [9.17, 15) is 21.6 Å². The molecular formula is C14H14F3N3O2S. The SMILES string of the molecule is N#Cc1ccc(S(=O)(=O)NCC2=CCNCC2)cc1C(F)(F)F. The third kappa shape index (κ3) is 4.31. The van der Waals surface area contributed by atoms with Crippen molar-refractivity contribution in [2.45, 2.75) is 17.5 Å². The summed E-state index contributed by atoms with van der Waals surface area (Å²) in [7, 11) is -4.09. The van der Waals surface area contributed by atoms with Crippen molar-refractivity contribution in [2.24, 2.45) is 0 Å². The van der Waals surface area contributed by atoms with Crippen molar-refractivity contribution in [1.82, 2.24) is 10.0 Å². The van der Waals surface area contributed by atoms with Crippen LogP contribution in [0, 0.1) is 11.3 Å². The first-order chi connectivity index (χ1) is 10.7. The minimum absolute atomic E-state index is 0.0470. The van der Waals surface area contributed by atoms with E-state index < -0.39 is 32.2 Å². The van der Waals surface area contributed by atoms with Crippen LogP contribution in [0.15, 0.2) is 34.7 Å². The monoisotopic (exact) mass is 345 g/mol. The van der Waals surface area contributed by atoms with Crippen molar-refractivity contribution in [3.8, 4) is 6.07 Å². The van der Waals surface area contributed by atoms with Gasteiger partial charge in [0.2, 0.25) is 10.0 Å². The highest BCUT2D eigenvalue weighted by Crippen LogP contribution is 2.33. The summed E-state index contributed by atoms with van der Waals surface area (Å²) in [6, 6.07) is 3.75. The van der Waals surface area contributed by atoms with Crippen LogP contribution in [0.4, 0.5) is 13.2 Å². The maximum absolute atomic E-state index is 12.9. The molecule has 0 unspecified atom stereocenters. The lowest BCUT2D eigenvalue weighted by molar-refractivity contribution is -0.137. The van der Waals surface area contributed by atoms with Gasteiger partial charge in [-0.2, -0.15) is 18.4 Å². The van der Waals surface area contributed by atoms with E-state index in [1.54, 1.807) is 0 Å². The average molecular weight is 345 g/mol. The third-order valence-corrected chi connectivity index (χ3v) is 4.77. The highest BCUT2D eigenvalue weighted by atomic mass is 32.2. The number of hydrogen-bond acceptors (Lipinski definition) is 4. The topological polar surface area (TPSA) is 82.0 Å². The van der Waals surface area contributed by atoms with Crippen LogP contribution in [0.3, 0.4) is 0 Å². The Kier molecular flexibility index (Phi) is 5.09. The van der Waals surface area contributed by atoms with Gasteiger partial charge in [-0.05, 0) is 31.2 Å². The second kappa shape index (κ2) is 6.70. The van der Waals surface area contributed by atoms with Crippen molar-refractivity contribution < 1.29 is 21.6 Å². The quantitative estimate of drug-likeness (QED) is 0.815. The van der Waals surface area contributed by atoms with Gasteiger partial charge in [0, 0.05) is 13.1 Å². The normalized spacial score (nSPS) is 15.8. The van der Waals surface area contributed by atoms with Crippen LogP contribution in [-0.2, 0) is 16.2 Å². The van der Waals surface area contributed by atoms with E-state index in [2.05, 4.69) is 10.0 Å². The molecule has 1 aromatic rings. The maximum Gasteiger partial charge on any atom is 0.417 e. The Morgan fingerprint density at radius 1 is 1.35 bits per heavy atom. The predicted molar refractivity (Wildman–Crippen MR) is 76.9 cm³/mol. The minimum Gasteiger partial charge on any atom is -0.313 e. The maximum atomic E-state index is 12.9. The van der Waals surface area contributed by atoms with E-state index in [1.165, 1.54) is 6.07 Å². The summed E-state index contributed by atoms with van der Waals surface area (Å²) in [6.45, 7) is 1.40. The minimum atomic E-state index is -4.80. The molecule has 0 saturated carbocycles. The Labute approximate surface area is 131 Å². The van der Waals surface area contributed by atoms with Gasteiger partial charge < -0.3 is 5.32 Å². The molecule has 0 spiro atoms. The summed E-state index contributed by atoms with van der Waals surface area (Å²) in [6.07, 6.45) is -2.29. The zero-order chi connectivity index (χ0) is 17.1. The lowest BCUT2D eigenvalue weighted by Crippen LogP contribution is -2.30. The van der Waals surface area contributed by atoms with E-state index in [4.69, 9.17) is 5.26 Å². The first kappa shape index (κ1) is 17.5. The summed E-state index contributed by atoms with van der Waals surface area (Å²) < 4.78 is 65.3. The standard InChI is InChI=1S/C14H14F3N3O2S/c15-14(16,17)13-7-12(2-1-11(13)8-18)23(21,22)20-9-10-3-5-19-6-4-10/h1-3,7,19-20H,4-6,9H2. The smallest absolute Gasteiger partial charge is 0.313 e. The molecular weight excluding hydrogens is 331 g/mol. The molecule has 5 nitrogen and oxygen atoms in total. The third-order valence-electron chi connectivity index (χ3n) is 3.37. The Morgan fingerprint density at radius 2 is 2.09 bits per heavy atom. The number of halogens is 3. The fourth-order valence-corrected chi connectivity index (χ4v) is 3.19. The second-order valence-electron chi connectivity index (χ2n) is 4.96. The van der Waals surface area contributed by atoms with Crippen molar-refractivity contribution >= 4 is 10.0 Å². The van der Waals surface area contributed by atoms with Crippen LogP contribution in [0.5, 0.6) is 0 Å². The van der Waals surface area contributed by atoms with Crippen LogP contribution in [0.25, 0.3) is 0 Å². The zero-order valence-electron chi connectivity index (χ0n) is 11.9. The highest BCUT2D eigenvalue weighted by molar-refractivity contribution is 7.89. The van der Waals surface area contributed by atoms with Crippen LogP contribution >= 0.6 is 0 Å². The number of nitriles is 1. The fourth-order valence-electron chi connectivity index (χ4n) is 2.12. The number of benzene rings is 1. The molecule has 124 valence electrons. The lowest BCUT2D eigenvalue weighted by atomic mass is 10.1. The molecule has 0 atom stereocenters. The molecule has 0 amide bonds. The summed E-state index contributed by atoms with van der Waals surface area (Å²) in [5.74, 6) is 0. The highest BCUT2D eigenvalue weighted by Gasteiger charge is 2.35. The molecule has 1 aromatic carbocycles. The molecule has 0 fully saturated rings. The number of nitrogens with one attached hydrogen (secondary N) is 2. The zero-order valence-corrected chi connectivity index (χ0v) is 12.8. The summed E-state index contributed by atoms with van der Waals surface area (Å²) in [5.41, 5.74) is -1.00. The lowest BCUT2D eigenvalue weighted by Gasteiger charge is -2.15. The fraction of sp³-hybridized carbons (Fsp3) is 0.357. The van der Waals surface area contributed by atoms with Crippen LogP contribution in [0.1, 0.15) is 17.5 Å². The van der Waals surface area contributed by atoms with E-state index in [0.717, 1.165) is 24.3 Å². The van der Waals surface area contributed by atoms with Gasteiger partial charge in [0.25, 0.3) is 0 Å². The number of nitrogens with zero attached hydrogens (tertiary/aromatic N) is 1. The van der Waals surface area contributed by atoms with Gasteiger partial charge in [0.15, 0.2) is 0 Å². The average Bonchev–Trinajstić information content (AvgIpc) is 2.52. The number of sulfonamides is 1. The molecule has 0 aliphatic carbocycles. The van der Waals surface area contributed by atoms with Gasteiger partial charge in [0.05, 0.1) is 22.1 Å². The van der Waals surface area contributed by atoms with E-state index in [-0.39, 0.29) is 6.54 Å². The summed E-state index contributed by atoms with van der Waals surface area (Å²) >= 11 is 0. The predicted octanol–water partition coefficient (Wildman–Crippen LogP) is 1.78. The van der Waals surface area contributed by atoms with E-state index in [0.29, 0.717) is 19.0 Å². The van der Waals surface area contributed by atoms with Crippen molar-refractivity contribution in [3.05, 3.63) is 41.0 Å². The van der Waals surface area contributed by atoms with Gasteiger partial charge in [0.1, 0.15) is 0 Å². The molecule has 23 heavy (non-hydrogen) atoms. The Bertz CT molecular complexity index is 764. The summed E-state index contributed by atoms with van der Waals surface area (Å²) in [5, 5.41) is 11.8.